The van der Waals surface area contributed by atoms with Crippen LogP contribution in [0.3, 0.4) is 0 Å². The maximum absolute atomic E-state index is 13.6. The third-order valence-corrected chi connectivity index (χ3v) is 4.24. The van der Waals surface area contributed by atoms with Gasteiger partial charge in [-0.05, 0) is 55.7 Å². The monoisotopic (exact) mass is 387 g/mol. The zero-order chi connectivity index (χ0) is 20.3. The second-order valence-electron chi connectivity index (χ2n) is 6.08. The molecular formula is C20H15F2NO5. The van der Waals surface area contributed by atoms with Crippen LogP contribution in [0.1, 0.15) is 29.6 Å². The van der Waals surface area contributed by atoms with Crippen molar-refractivity contribution in [1.82, 2.24) is 0 Å². The van der Waals surface area contributed by atoms with E-state index in [4.69, 9.17) is 9.84 Å². The lowest BCUT2D eigenvalue weighted by Crippen LogP contribution is -2.16. The Bertz CT molecular complexity index is 962. The molecule has 0 atom stereocenters. The molecule has 1 aliphatic rings. The first kappa shape index (κ1) is 19.2. The van der Waals surface area contributed by atoms with Gasteiger partial charge in [0.1, 0.15) is 22.9 Å². The molecule has 0 fully saturated rings. The van der Waals surface area contributed by atoms with Crippen LogP contribution in [0.15, 0.2) is 53.6 Å². The molecule has 1 aliphatic carbocycles. The lowest BCUT2D eigenvalue weighted by Gasteiger charge is -2.09. The number of carboxylic acids is 1. The summed E-state index contributed by atoms with van der Waals surface area (Å²) in [4.78, 5) is 35.4. The number of carbonyl (C=O) groups excluding carboxylic acids is 2. The highest BCUT2D eigenvalue weighted by atomic mass is 19.1. The number of esters is 1. The van der Waals surface area contributed by atoms with Gasteiger partial charge in [-0.2, -0.15) is 0 Å². The average molecular weight is 387 g/mol. The van der Waals surface area contributed by atoms with Crippen molar-refractivity contribution >= 4 is 23.5 Å². The predicted octanol–water partition coefficient (Wildman–Crippen LogP) is 3.69. The molecule has 0 aromatic heterocycles. The molecule has 2 aromatic carbocycles. The van der Waals surface area contributed by atoms with Gasteiger partial charge in [0.15, 0.2) is 0 Å². The topological polar surface area (TPSA) is 92.7 Å². The minimum absolute atomic E-state index is 0.0250. The molecule has 2 N–H and O–H groups in total. The summed E-state index contributed by atoms with van der Waals surface area (Å²) >= 11 is 0. The van der Waals surface area contributed by atoms with E-state index in [0.717, 1.165) is 18.2 Å². The number of anilines is 1. The van der Waals surface area contributed by atoms with Gasteiger partial charge in [0.05, 0.1) is 0 Å². The zero-order valence-corrected chi connectivity index (χ0v) is 14.5. The third-order valence-electron chi connectivity index (χ3n) is 4.24. The number of hydrogen-bond acceptors (Lipinski definition) is 4. The number of amides is 1. The minimum Gasteiger partial charge on any atom is -0.478 e. The largest absolute Gasteiger partial charge is 0.478 e. The van der Waals surface area contributed by atoms with E-state index < -0.39 is 35.0 Å². The number of rotatable bonds is 5. The Kier molecular flexibility index (Phi) is 5.49. The molecule has 1 amide bonds. The molecule has 8 heteroatoms. The normalized spacial score (nSPS) is 13.4. The fourth-order valence-corrected chi connectivity index (χ4v) is 2.89. The number of ether oxygens (including phenoxy) is 1. The van der Waals surface area contributed by atoms with Crippen LogP contribution in [0.4, 0.5) is 14.5 Å². The van der Waals surface area contributed by atoms with Gasteiger partial charge in [0.25, 0.3) is 5.91 Å². The van der Waals surface area contributed by atoms with Crippen LogP contribution in [0, 0.1) is 11.6 Å². The van der Waals surface area contributed by atoms with Crippen LogP contribution in [0.25, 0.3) is 0 Å². The molecular weight excluding hydrogens is 372 g/mol. The molecule has 144 valence electrons. The Hall–Kier alpha value is -3.55. The summed E-state index contributed by atoms with van der Waals surface area (Å²) in [5.41, 5.74) is -0.103. The van der Waals surface area contributed by atoms with Gasteiger partial charge in [-0.15, -0.1) is 0 Å². The molecule has 0 radical (unpaired) electrons. The number of carboxylic acid groups (broad SMARTS) is 1. The van der Waals surface area contributed by atoms with Crippen LogP contribution in [0.5, 0.6) is 5.75 Å². The minimum atomic E-state index is -1.19. The molecule has 0 bridgehead atoms. The quantitative estimate of drug-likeness (QED) is 0.603. The van der Waals surface area contributed by atoms with E-state index in [1.807, 2.05) is 0 Å². The van der Waals surface area contributed by atoms with Gasteiger partial charge in [0.2, 0.25) is 0 Å². The highest BCUT2D eigenvalue weighted by Gasteiger charge is 2.25. The van der Waals surface area contributed by atoms with Crippen molar-refractivity contribution < 1.29 is 33.0 Å². The van der Waals surface area contributed by atoms with E-state index in [9.17, 15) is 23.2 Å². The van der Waals surface area contributed by atoms with Gasteiger partial charge in [0, 0.05) is 16.8 Å². The molecule has 28 heavy (non-hydrogen) atoms. The van der Waals surface area contributed by atoms with Gasteiger partial charge in [-0.3, -0.25) is 4.79 Å². The van der Waals surface area contributed by atoms with Crippen molar-refractivity contribution in [3.8, 4) is 5.75 Å². The molecule has 0 heterocycles. The van der Waals surface area contributed by atoms with E-state index in [1.165, 1.54) is 24.3 Å². The van der Waals surface area contributed by atoms with E-state index in [-0.39, 0.29) is 16.9 Å². The molecule has 3 rings (SSSR count). The SMILES string of the molecule is O=C(O)C1=C(C(=O)Nc2ccc(OC(=O)c3c(F)cccc3F)cc2)CCC1. The van der Waals surface area contributed by atoms with Crippen LogP contribution < -0.4 is 10.1 Å². The van der Waals surface area contributed by atoms with E-state index in [1.54, 1.807) is 0 Å². The molecule has 0 aliphatic heterocycles. The van der Waals surface area contributed by atoms with Gasteiger partial charge in [-0.1, -0.05) is 6.07 Å². The Labute approximate surface area is 158 Å². The van der Waals surface area contributed by atoms with Crippen LogP contribution in [-0.2, 0) is 9.59 Å². The second-order valence-corrected chi connectivity index (χ2v) is 6.08. The first-order valence-electron chi connectivity index (χ1n) is 8.39. The molecule has 0 saturated heterocycles. The highest BCUT2D eigenvalue weighted by Crippen LogP contribution is 2.27. The number of halogens is 2. The van der Waals surface area contributed by atoms with Crippen molar-refractivity contribution in [2.24, 2.45) is 0 Å². The summed E-state index contributed by atoms with van der Waals surface area (Å²) in [5.74, 6) is -4.84. The summed E-state index contributed by atoms with van der Waals surface area (Å²) < 4.78 is 32.2. The summed E-state index contributed by atoms with van der Waals surface area (Å²) in [6.45, 7) is 0. The summed E-state index contributed by atoms with van der Waals surface area (Å²) in [5, 5.41) is 11.7. The summed E-state index contributed by atoms with van der Waals surface area (Å²) in [6, 6.07) is 8.56. The van der Waals surface area contributed by atoms with Crippen molar-refractivity contribution in [1.29, 1.82) is 0 Å². The van der Waals surface area contributed by atoms with Crippen LogP contribution in [0.2, 0.25) is 0 Å². The average Bonchev–Trinajstić information content (AvgIpc) is 3.13. The number of benzene rings is 2. The third kappa shape index (κ3) is 4.06. The van der Waals surface area contributed by atoms with Crippen LogP contribution >= 0.6 is 0 Å². The Morgan fingerprint density at radius 2 is 1.54 bits per heavy atom. The van der Waals surface area contributed by atoms with Crippen molar-refractivity contribution in [2.45, 2.75) is 19.3 Å². The molecule has 0 spiro atoms. The fraction of sp³-hybridized carbons (Fsp3) is 0.150. The molecule has 6 nitrogen and oxygen atoms in total. The van der Waals surface area contributed by atoms with Crippen molar-refractivity contribution in [2.75, 3.05) is 5.32 Å². The summed E-state index contributed by atoms with van der Waals surface area (Å²) in [6.07, 6.45) is 1.34. The van der Waals surface area contributed by atoms with Gasteiger partial charge in [-0.25, -0.2) is 18.4 Å². The number of hydrogen-bond donors (Lipinski definition) is 2. The maximum Gasteiger partial charge on any atom is 0.349 e. The highest BCUT2D eigenvalue weighted by molar-refractivity contribution is 6.09. The summed E-state index contributed by atoms with van der Waals surface area (Å²) in [7, 11) is 0. The van der Waals surface area contributed by atoms with E-state index >= 15 is 0 Å². The van der Waals surface area contributed by atoms with E-state index in [2.05, 4.69) is 5.32 Å². The Morgan fingerprint density at radius 1 is 0.929 bits per heavy atom. The number of nitrogens with one attached hydrogen (secondary N) is 1. The standard InChI is InChI=1S/C20H15F2NO5/c21-15-5-2-6-16(22)17(15)20(27)28-12-9-7-11(8-10-12)23-18(24)13-3-1-4-14(13)19(25)26/h2,5-10H,1,3-4H2,(H,23,24)(H,25,26). The van der Waals surface area contributed by atoms with E-state index in [0.29, 0.717) is 24.9 Å². The number of aliphatic carboxylic acids is 1. The Morgan fingerprint density at radius 3 is 2.14 bits per heavy atom. The fourth-order valence-electron chi connectivity index (χ4n) is 2.89. The molecule has 0 unspecified atom stereocenters. The van der Waals surface area contributed by atoms with Crippen molar-refractivity contribution in [3.63, 3.8) is 0 Å². The first-order chi connectivity index (χ1) is 13.4. The van der Waals surface area contributed by atoms with Crippen molar-refractivity contribution in [3.05, 3.63) is 70.8 Å². The lowest BCUT2D eigenvalue weighted by atomic mass is 10.1. The molecule has 0 saturated carbocycles. The Balaban J connectivity index is 1.69. The predicted molar refractivity (Wildman–Crippen MR) is 94.9 cm³/mol. The van der Waals surface area contributed by atoms with Gasteiger partial charge < -0.3 is 15.2 Å². The van der Waals surface area contributed by atoms with Gasteiger partial charge >= 0.3 is 11.9 Å². The molecule has 2 aromatic rings. The first-order valence-corrected chi connectivity index (χ1v) is 8.39. The zero-order valence-electron chi connectivity index (χ0n) is 14.5. The maximum atomic E-state index is 13.6. The lowest BCUT2D eigenvalue weighted by molar-refractivity contribution is -0.133. The second kappa shape index (κ2) is 7.99. The number of carbonyl (C=O) groups is 3. The van der Waals surface area contributed by atoms with Crippen LogP contribution in [-0.4, -0.2) is 23.0 Å². The smallest absolute Gasteiger partial charge is 0.349 e.